The molecule has 0 bridgehead atoms. The molecule has 1 amide bonds. The van der Waals surface area contributed by atoms with Crippen molar-refractivity contribution >= 4 is 11.9 Å². The molecule has 1 spiro atoms. The number of amides is 1. The summed E-state index contributed by atoms with van der Waals surface area (Å²) in [5.41, 5.74) is 1.30. The van der Waals surface area contributed by atoms with Crippen LogP contribution in [0.1, 0.15) is 39.1 Å². The van der Waals surface area contributed by atoms with Crippen LogP contribution in [0.15, 0.2) is 36.4 Å². The number of nitrogens with zero attached hydrogens (tertiary/aromatic N) is 1. The number of rotatable bonds is 4. The maximum atomic E-state index is 13.2. The highest BCUT2D eigenvalue weighted by atomic mass is 16.6. The second-order valence-electron chi connectivity index (χ2n) is 7.10. The van der Waals surface area contributed by atoms with Crippen molar-refractivity contribution in [3.63, 3.8) is 0 Å². The molecule has 2 aliphatic heterocycles. The Kier molecular flexibility index (Phi) is 4.82. The van der Waals surface area contributed by atoms with Gasteiger partial charge in [0, 0.05) is 31.5 Å². The molecule has 2 heterocycles. The number of methoxy groups -OCH3 is 3. The average molecular weight is 397 g/mol. The molecule has 2 aromatic rings. The second-order valence-corrected chi connectivity index (χ2v) is 7.10. The van der Waals surface area contributed by atoms with Crippen molar-refractivity contribution in [2.24, 2.45) is 0 Å². The number of likely N-dealkylation sites (tertiary alicyclic amines) is 1. The first-order valence-electron chi connectivity index (χ1n) is 9.45. The molecule has 2 aromatic carbocycles. The molecule has 0 unspecified atom stereocenters. The van der Waals surface area contributed by atoms with Gasteiger partial charge in [-0.2, -0.15) is 0 Å². The number of carbonyl (C=O) groups excluding carboxylic acids is 2. The number of esters is 1. The number of carbonyl (C=O) groups is 2. The van der Waals surface area contributed by atoms with E-state index in [4.69, 9.17) is 18.9 Å². The Hall–Kier alpha value is -3.22. The summed E-state index contributed by atoms with van der Waals surface area (Å²) < 4.78 is 21.9. The van der Waals surface area contributed by atoms with Crippen LogP contribution in [-0.4, -0.2) is 51.2 Å². The minimum Gasteiger partial charge on any atom is -0.493 e. The van der Waals surface area contributed by atoms with Crippen LogP contribution in [0.5, 0.6) is 17.2 Å². The zero-order valence-corrected chi connectivity index (χ0v) is 16.7. The van der Waals surface area contributed by atoms with Gasteiger partial charge in [0.25, 0.3) is 5.91 Å². The van der Waals surface area contributed by atoms with Crippen LogP contribution in [0.2, 0.25) is 0 Å². The molecule has 0 aliphatic carbocycles. The fourth-order valence-corrected chi connectivity index (χ4v) is 4.23. The summed E-state index contributed by atoms with van der Waals surface area (Å²) in [4.78, 5) is 27.2. The molecule has 0 aromatic heterocycles. The minimum atomic E-state index is -0.647. The van der Waals surface area contributed by atoms with E-state index in [-0.39, 0.29) is 11.9 Å². The fraction of sp³-hybridized carbons (Fsp3) is 0.364. The topological polar surface area (TPSA) is 74.3 Å². The summed E-state index contributed by atoms with van der Waals surface area (Å²) in [7, 11) is 4.53. The first-order chi connectivity index (χ1) is 14.0. The van der Waals surface area contributed by atoms with E-state index in [0.717, 1.165) is 5.56 Å². The van der Waals surface area contributed by atoms with Gasteiger partial charge in [0.15, 0.2) is 11.5 Å². The maximum Gasteiger partial charge on any atom is 0.339 e. The highest BCUT2D eigenvalue weighted by Gasteiger charge is 2.47. The molecule has 0 N–H and O–H groups in total. The first-order valence-corrected chi connectivity index (χ1v) is 9.45. The van der Waals surface area contributed by atoms with Gasteiger partial charge in [0.1, 0.15) is 5.60 Å². The standard InChI is InChI=1S/C22H23NO6/c1-26-17-9-8-15(18(27-2)19(17)28-3)20(24)23-12-10-22(11-13-23)16-7-5-4-6-14(16)21(25)29-22/h4-9H,10-13H2,1-3H3. The third-order valence-electron chi connectivity index (χ3n) is 5.72. The van der Waals surface area contributed by atoms with Gasteiger partial charge in [0.2, 0.25) is 5.75 Å². The van der Waals surface area contributed by atoms with E-state index in [2.05, 4.69) is 0 Å². The van der Waals surface area contributed by atoms with E-state index in [9.17, 15) is 9.59 Å². The molecule has 0 radical (unpaired) electrons. The minimum absolute atomic E-state index is 0.157. The predicted octanol–water partition coefficient (Wildman–Crippen LogP) is 3.01. The third-order valence-corrected chi connectivity index (χ3v) is 5.72. The van der Waals surface area contributed by atoms with E-state index in [0.29, 0.717) is 54.3 Å². The van der Waals surface area contributed by atoms with Crippen molar-refractivity contribution in [2.75, 3.05) is 34.4 Å². The Labute approximate surface area is 169 Å². The molecular weight excluding hydrogens is 374 g/mol. The number of fused-ring (bicyclic) bond motifs is 2. The van der Waals surface area contributed by atoms with E-state index in [1.54, 1.807) is 23.1 Å². The number of benzene rings is 2. The van der Waals surface area contributed by atoms with Crippen LogP contribution in [-0.2, 0) is 10.3 Å². The smallest absolute Gasteiger partial charge is 0.339 e. The number of hydrogen-bond acceptors (Lipinski definition) is 6. The van der Waals surface area contributed by atoms with Gasteiger partial charge in [-0.1, -0.05) is 18.2 Å². The zero-order chi connectivity index (χ0) is 20.6. The normalized spacial score (nSPS) is 16.9. The zero-order valence-electron chi connectivity index (χ0n) is 16.7. The van der Waals surface area contributed by atoms with Crippen LogP contribution >= 0.6 is 0 Å². The predicted molar refractivity (Wildman–Crippen MR) is 105 cm³/mol. The fourth-order valence-electron chi connectivity index (χ4n) is 4.23. The summed E-state index contributed by atoms with van der Waals surface area (Å²) in [6.45, 7) is 0.940. The highest BCUT2D eigenvalue weighted by molar-refractivity contribution is 5.98. The molecule has 152 valence electrons. The van der Waals surface area contributed by atoms with Crippen molar-refractivity contribution in [3.8, 4) is 17.2 Å². The number of ether oxygens (including phenoxy) is 4. The van der Waals surface area contributed by atoms with Crippen molar-refractivity contribution < 1.29 is 28.5 Å². The van der Waals surface area contributed by atoms with Gasteiger partial charge in [-0.05, 0) is 18.2 Å². The van der Waals surface area contributed by atoms with Gasteiger partial charge in [-0.25, -0.2) is 4.79 Å². The van der Waals surface area contributed by atoms with Crippen molar-refractivity contribution in [2.45, 2.75) is 18.4 Å². The van der Waals surface area contributed by atoms with Crippen LogP contribution in [0.4, 0.5) is 0 Å². The van der Waals surface area contributed by atoms with Crippen molar-refractivity contribution in [1.29, 1.82) is 0 Å². The summed E-state index contributed by atoms with van der Waals surface area (Å²) in [5.74, 6) is 0.771. The lowest BCUT2D eigenvalue weighted by Crippen LogP contribution is -2.45. The Balaban J connectivity index is 1.57. The largest absolute Gasteiger partial charge is 0.493 e. The Morgan fingerprint density at radius 2 is 1.66 bits per heavy atom. The van der Waals surface area contributed by atoms with Crippen LogP contribution in [0.3, 0.4) is 0 Å². The summed E-state index contributed by atoms with van der Waals surface area (Å²) in [6.07, 6.45) is 1.11. The molecule has 7 nitrogen and oxygen atoms in total. The number of piperidine rings is 1. The molecular formula is C22H23NO6. The third kappa shape index (κ3) is 2.97. The SMILES string of the molecule is COc1ccc(C(=O)N2CCC3(CC2)OC(=O)c2ccccc23)c(OC)c1OC. The Bertz CT molecular complexity index is 962. The number of hydrogen-bond donors (Lipinski definition) is 0. The average Bonchev–Trinajstić information content (AvgIpc) is 3.04. The monoisotopic (exact) mass is 397 g/mol. The Morgan fingerprint density at radius 1 is 0.966 bits per heavy atom. The quantitative estimate of drug-likeness (QED) is 0.739. The van der Waals surface area contributed by atoms with Crippen molar-refractivity contribution in [1.82, 2.24) is 4.90 Å². The van der Waals surface area contributed by atoms with E-state index < -0.39 is 5.60 Å². The van der Waals surface area contributed by atoms with E-state index in [1.807, 2.05) is 18.2 Å². The molecule has 1 saturated heterocycles. The molecule has 4 rings (SSSR count). The van der Waals surface area contributed by atoms with E-state index in [1.165, 1.54) is 21.3 Å². The van der Waals surface area contributed by atoms with Crippen molar-refractivity contribution in [3.05, 3.63) is 53.1 Å². The summed E-state index contributed by atoms with van der Waals surface area (Å²) in [6, 6.07) is 10.8. The van der Waals surface area contributed by atoms with Gasteiger partial charge < -0.3 is 23.8 Å². The first kappa shape index (κ1) is 19.1. The molecule has 0 saturated carbocycles. The molecule has 29 heavy (non-hydrogen) atoms. The lowest BCUT2D eigenvalue weighted by Gasteiger charge is -2.38. The lowest BCUT2D eigenvalue weighted by molar-refractivity contribution is -0.0389. The van der Waals surface area contributed by atoms with Gasteiger partial charge in [-0.15, -0.1) is 0 Å². The van der Waals surface area contributed by atoms with Gasteiger partial charge >= 0.3 is 5.97 Å². The van der Waals surface area contributed by atoms with Crippen LogP contribution in [0.25, 0.3) is 0 Å². The Morgan fingerprint density at radius 3 is 2.31 bits per heavy atom. The lowest BCUT2D eigenvalue weighted by atomic mass is 9.83. The molecule has 2 aliphatic rings. The van der Waals surface area contributed by atoms with E-state index >= 15 is 0 Å². The summed E-state index contributed by atoms with van der Waals surface area (Å²) in [5, 5.41) is 0. The molecule has 7 heteroatoms. The summed E-state index contributed by atoms with van der Waals surface area (Å²) >= 11 is 0. The maximum absolute atomic E-state index is 13.2. The molecule has 0 atom stereocenters. The molecule has 1 fully saturated rings. The van der Waals surface area contributed by atoms with Gasteiger partial charge in [-0.3, -0.25) is 4.79 Å². The highest BCUT2D eigenvalue weighted by Crippen LogP contribution is 2.45. The van der Waals surface area contributed by atoms with Gasteiger partial charge in [0.05, 0.1) is 32.5 Å². The second kappa shape index (κ2) is 7.31. The van der Waals surface area contributed by atoms with Crippen LogP contribution in [0, 0.1) is 0 Å². The van der Waals surface area contributed by atoms with Crippen LogP contribution < -0.4 is 14.2 Å².